The van der Waals surface area contributed by atoms with Crippen molar-refractivity contribution in [2.24, 2.45) is 5.92 Å². The van der Waals surface area contributed by atoms with Gasteiger partial charge in [0.25, 0.3) is 5.91 Å². The van der Waals surface area contributed by atoms with Gasteiger partial charge in [-0.3, -0.25) is 19.2 Å². The number of nitrogens with zero attached hydrogens (tertiary/aromatic N) is 3. The molecule has 3 atom stereocenters. The van der Waals surface area contributed by atoms with Crippen LogP contribution in [-0.2, 0) is 33.5 Å². The largest absolute Gasteiger partial charge is 0.418 e. The summed E-state index contributed by atoms with van der Waals surface area (Å²) < 4.78 is 40.3. The maximum absolute atomic E-state index is 13.4. The molecule has 2 aromatic rings. The molecule has 1 fully saturated rings. The van der Waals surface area contributed by atoms with Gasteiger partial charge in [0.15, 0.2) is 5.01 Å². The Morgan fingerprint density at radius 1 is 1.10 bits per heavy atom. The zero-order chi connectivity index (χ0) is 30.1. The maximum atomic E-state index is 13.4. The number of carbonyl (C=O) groups is 4. The van der Waals surface area contributed by atoms with Crippen molar-refractivity contribution in [2.45, 2.75) is 50.5 Å². The number of aromatic nitrogens is 1. The monoisotopic (exact) mass is 614 g/mol. The molecule has 0 radical (unpaired) electrons. The van der Waals surface area contributed by atoms with Crippen LogP contribution in [-0.4, -0.2) is 78.2 Å². The lowest BCUT2D eigenvalue weighted by Crippen LogP contribution is -2.57. The number of benzene rings is 1. The van der Waals surface area contributed by atoms with E-state index in [0.717, 1.165) is 35.7 Å². The number of anilines is 1. The minimum atomic E-state index is -4.82. The van der Waals surface area contributed by atoms with Crippen LogP contribution in [0.4, 0.5) is 18.9 Å². The van der Waals surface area contributed by atoms with Crippen molar-refractivity contribution in [1.29, 1.82) is 0 Å². The third-order valence-electron chi connectivity index (χ3n) is 7.13. The third kappa shape index (κ3) is 7.35. The predicted molar refractivity (Wildman–Crippen MR) is 146 cm³/mol. The molecule has 10 nitrogen and oxygen atoms in total. The Bertz CT molecular complexity index is 1350. The van der Waals surface area contributed by atoms with Gasteiger partial charge in [0.2, 0.25) is 5.91 Å². The van der Waals surface area contributed by atoms with Crippen LogP contribution >= 0.6 is 22.9 Å². The Labute approximate surface area is 243 Å². The van der Waals surface area contributed by atoms with Crippen LogP contribution in [0.25, 0.3) is 0 Å². The van der Waals surface area contributed by atoms with Gasteiger partial charge in [-0.15, -0.1) is 11.3 Å². The molecule has 4 rings (SSSR count). The molecule has 222 valence electrons. The highest BCUT2D eigenvalue weighted by atomic mass is 35.5. The van der Waals surface area contributed by atoms with Gasteiger partial charge >= 0.3 is 18.0 Å². The van der Waals surface area contributed by atoms with Gasteiger partial charge in [-0.25, -0.2) is 4.98 Å². The zero-order valence-corrected chi connectivity index (χ0v) is 24.2. The first-order valence-electron chi connectivity index (χ1n) is 12.9. The third-order valence-corrected chi connectivity index (χ3v) is 8.45. The molecule has 2 aliphatic rings. The van der Waals surface area contributed by atoms with Crippen LogP contribution in [0.1, 0.15) is 45.2 Å². The van der Waals surface area contributed by atoms with Crippen LogP contribution < -0.4 is 16.0 Å². The number of carbonyl (C=O) groups excluding carboxylic acids is 4. The second-order valence-electron chi connectivity index (χ2n) is 10.4. The first-order valence-corrected chi connectivity index (χ1v) is 14.1. The summed E-state index contributed by atoms with van der Waals surface area (Å²) in [6.45, 7) is 1.51. The van der Waals surface area contributed by atoms with Gasteiger partial charge in [-0.2, -0.15) is 13.2 Å². The predicted octanol–water partition coefficient (Wildman–Crippen LogP) is 2.91. The molecular formula is C26H30ClF3N6O4S. The molecule has 0 saturated heterocycles. The molecule has 0 bridgehead atoms. The van der Waals surface area contributed by atoms with Crippen LogP contribution in [0.15, 0.2) is 18.2 Å². The summed E-state index contributed by atoms with van der Waals surface area (Å²) in [5.41, 5.74) is -0.952. The van der Waals surface area contributed by atoms with Gasteiger partial charge in [0, 0.05) is 55.5 Å². The number of rotatable bonds is 5. The van der Waals surface area contributed by atoms with E-state index in [1.165, 1.54) is 16.2 Å². The van der Waals surface area contributed by atoms with Gasteiger partial charge in [-0.05, 0) is 44.5 Å². The van der Waals surface area contributed by atoms with Crippen molar-refractivity contribution >= 4 is 52.3 Å². The lowest BCUT2D eigenvalue weighted by molar-refractivity contribution is -0.139. The maximum Gasteiger partial charge on any atom is 0.418 e. The van der Waals surface area contributed by atoms with E-state index >= 15 is 0 Å². The molecule has 1 aliphatic heterocycles. The molecule has 1 aliphatic carbocycles. The summed E-state index contributed by atoms with van der Waals surface area (Å²) >= 11 is 6.96. The van der Waals surface area contributed by atoms with E-state index in [0.29, 0.717) is 19.0 Å². The Hall–Kier alpha value is -3.23. The molecule has 1 aromatic carbocycles. The van der Waals surface area contributed by atoms with Gasteiger partial charge in [-0.1, -0.05) is 11.6 Å². The minimum Gasteiger partial charge on any atom is -0.349 e. The summed E-state index contributed by atoms with van der Waals surface area (Å²) in [5.74, 6) is -3.52. The number of halogens is 4. The quantitative estimate of drug-likeness (QED) is 0.445. The number of thiazole rings is 1. The standard InChI is InChI=1S/C26H30ClF3N6O4S/c1-35(2)25(40)13-4-6-17(19(10-13)33-23(39)24-34-18-8-9-36(3)12-20(18)41-24)32-22(38)21(37)31-16-7-5-14(27)11-15(16)26(28,29)30/h5,7,11,13,17,19H,4,6,8-10,12H2,1-3H3,(H,31,37)(H,32,38)(H,33,39)/t13-,17?,19+/m0/s1. The Balaban J connectivity index is 1.49. The number of hydrogen-bond donors (Lipinski definition) is 3. The number of alkyl halides is 3. The smallest absolute Gasteiger partial charge is 0.349 e. The lowest BCUT2D eigenvalue weighted by atomic mass is 9.81. The molecule has 15 heteroatoms. The van der Waals surface area contributed by atoms with Crippen molar-refractivity contribution in [3.05, 3.63) is 44.4 Å². The number of nitrogens with one attached hydrogen (secondary N) is 3. The van der Waals surface area contributed by atoms with E-state index in [-0.39, 0.29) is 28.8 Å². The van der Waals surface area contributed by atoms with E-state index in [1.54, 1.807) is 14.1 Å². The fourth-order valence-electron chi connectivity index (χ4n) is 5.02. The van der Waals surface area contributed by atoms with E-state index in [1.807, 2.05) is 12.4 Å². The highest BCUT2D eigenvalue weighted by Gasteiger charge is 2.38. The van der Waals surface area contributed by atoms with Gasteiger partial charge in [0.1, 0.15) is 0 Å². The van der Waals surface area contributed by atoms with Crippen molar-refractivity contribution < 1.29 is 32.3 Å². The SMILES string of the molecule is CN1CCc2nc(C(=O)N[C@@H]3C[C@@H](C(=O)N(C)C)CCC3NC(=O)C(=O)Nc3ccc(Cl)cc3C(F)(F)F)sc2C1. The highest BCUT2D eigenvalue weighted by Crippen LogP contribution is 2.36. The van der Waals surface area contributed by atoms with Crippen molar-refractivity contribution in [2.75, 3.05) is 33.0 Å². The molecular weight excluding hydrogens is 585 g/mol. The second kappa shape index (κ2) is 12.3. The minimum absolute atomic E-state index is 0.137. The first-order chi connectivity index (χ1) is 19.2. The molecule has 3 N–H and O–H groups in total. The molecule has 4 amide bonds. The summed E-state index contributed by atoms with van der Waals surface area (Å²) in [4.78, 5) is 60.4. The van der Waals surface area contributed by atoms with Gasteiger partial charge < -0.3 is 25.8 Å². The molecule has 1 unspecified atom stereocenters. The van der Waals surface area contributed by atoms with Crippen LogP contribution in [0, 0.1) is 5.92 Å². The van der Waals surface area contributed by atoms with Crippen LogP contribution in [0.2, 0.25) is 5.02 Å². The van der Waals surface area contributed by atoms with Crippen LogP contribution in [0.5, 0.6) is 0 Å². The fraction of sp³-hybridized carbons (Fsp3) is 0.500. The average molecular weight is 615 g/mol. The summed E-state index contributed by atoms with van der Waals surface area (Å²) in [6.07, 6.45) is -3.28. The summed E-state index contributed by atoms with van der Waals surface area (Å²) in [6, 6.07) is 1.29. The lowest BCUT2D eigenvalue weighted by Gasteiger charge is -2.37. The van der Waals surface area contributed by atoms with Crippen LogP contribution in [0.3, 0.4) is 0 Å². The Morgan fingerprint density at radius 2 is 1.83 bits per heavy atom. The number of likely N-dealkylation sites (N-methyl/N-ethyl adjacent to an activating group) is 1. The van der Waals surface area contributed by atoms with E-state index in [9.17, 15) is 32.3 Å². The Morgan fingerprint density at radius 3 is 2.51 bits per heavy atom. The van der Waals surface area contributed by atoms with E-state index in [2.05, 4.69) is 20.5 Å². The van der Waals surface area contributed by atoms with E-state index in [4.69, 9.17) is 11.6 Å². The Kier molecular flexibility index (Phi) is 9.24. The second-order valence-corrected chi connectivity index (χ2v) is 11.9. The normalized spacial score (nSPS) is 21.0. The van der Waals surface area contributed by atoms with Crippen molar-refractivity contribution in [3.63, 3.8) is 0 Å². The number of amides is 4. The molecule has 41 heavy (non-hydrogen) atoms. The summed E-state index contributed by atoms with van der Waals surface area (Å²) in [7, 11) is 5.22. The average Bonchev–Trinajstić information content (AvgIpc) is 3.33. The van der Waals surface area contributed by atoms with Gasteiger partial charge in [0.05, 0.1) is 23.0 Å². The molecule has 0 spiro atoms. The molecule has 1 saturated carbocycles. The first kappa shape index (κ1) is 30.7. The summed E-state index contributed by atoms with van der Waals surface area (Å²) in [5, 5.41) is 7.48. The van der Waals surface area contributed by atoms with Crippen molar-refractivity contribution in [3.8, 4) is 0 Å². The topological polar surface area (TPSA) is 124 Å². The molecule has 2 heterocycles. The number of hydrogen-bond acceptors (Lipinski definition) is 7. The highest BCUT2D eigenvalue weighted by molar-refractivity contribution is 7.13. The van der Waals surface area contributed by atoms with E-state index < -0.39 is 53.2 Å². The number of fused-ring (bicyclic) bond motifs is 1. The zero-order valence-electron chi connectivity index (χ0n) is 22.6. The van der Waals surface area contributed by atoms with Crippen molar-refractivity contribution in [1.82, 2.24) is 25.4 Å². The fourth-order valence-corrected chi connectivity index (χ4v) is 6.28. The molecule has 1 aromatic heterocycles.